The highest BCUT2D eigenvalue weighted by atomic mass is 16.5. The van der Waals surface area contributed by atoms with Crippen molar-refractivity contribution < 1.29 is 4.74 Å². The van der Waals surface area contributed by atoms with E-state index in [-0.39, 0.29) is 0 Å². The summed E-state index contributed by atoms with van der Waals surface area (Å²) in [5.41, 5.74) is 8.37. The molecule has 0 saturated heterocycles. The normalized spacial score (nSPS) is 11.3. The van der Waals surface area contributed by atoms with Gasteiger partial charge in [-0.05, 0) is 43.3 Å². The molecule has 1 aromatic carbocycles. The average molecular weight is 349 g/mol. The standard InChI is InChI=1S/C20H23N5O/c1-15-5-7-18-17(14-15)20(23-11-13-26-12-9-21)25-19(24-18)8-6-16-4-2-3-10-22-16/h2-8,10,14H,9,11-13,21H2,1H3,(H,23,24,25). The number of hydrogen-bond acceptors (Lipinski definition) is 6. The Hall–Kier alpha value is -2.83. The Labute approximate surface area is 153 Å². The molecule has 3 rings (SSSR count). The first kappa shape index (κ1) is 18.0. The number of aromatic nitrogens is 3. The number of fused-ring (bicyclic) bond motifs is 1. The summed E-state index contributed by atoms with van der Waals surface area (Å²) in [4.78, 5) is 13.6. The molecule has 6 nitrogen and oxygen atoms in total. The van der Waals surface area contributed by atoms with E-state index in [0.717, 1.165) is 22.4 Å². The molecule has 0 bridgehead atoms. The summed E-state index contributed by atoms with van der Waals surface area (Å²) in [6, 6.07) is 11.9. The molecule has 3 N–H and O–H groups in total. The van der Waals surface area contributed by atoms with Crippen molar-refractivity contribution >= 4 is 28.9 Å². The van der Waals surface area contributed by atoms with E-state index in [1.165, 1.54) is 5.56 Å². The van der Waals surface area contributed by atoms with Crippen LogP contribution in [-0.2, 0) is 4.74 Å². The van der Waals surface area contributed by atoms with Crippen LogP contribution < -0.4 is 11.1 Å². The molecule has 0 unspecified atom stereocenters. The number of pyridine rings is 1. The number of aryl methyl sites for hydroxylation is 1. The predicted molar refractivity (Wildman–Crippen MR) is 106 cm³/mol. The van der Waals surface area contributed by atoms with Crippen LogP contribution in [0.5, 0.6) is 0 Å². The first-order valence-corrected chi connectivity index (χ1v) is 8.65. The van der Waals surface area contributed by atoms with Gasteiger partial charge in [0, 0.05) is 24.7 Å². The van der Waals surface area contributed by atoms with Crippen molar-refractivity contribution in [2.24, 2.45) is 5.73 Å². The zero-order valence-electron chi connectivity index (χ0n) is 14.9. The molecule has 2 aromatic heterocycles. The van der Waals surface area contributed by atoms with Gasteiger partial charge in [-0.25, -0.2) is 9.97 Å². The molecule has 2 heterocycles. The Bertz CT molecular complexity index is 880. The number of hydrogen-bond donors (Lipinski definition) is 2. The number of nitrogens with one attached hydrogen (secondary N) is 1. The molecule has 134 valence electrons. The fourth-order valence-corrected chi connectivity index (χ4v) is 2.53. The van der Waals surface area contributed by atoms with E-state index in [0.29, 0.717) is 32.1 Å². The van der Waals surface area contributed by atoms with Crippen LogP contribution in [-0.4, -0.2) is 41.3 Å². The second-order valence-corrected chi connectivity index (χ2v) is 5.87. The minimum Gasteiger partial charge on any atom is -0.378 e. The second kappa shape index (κ2) is 9.03. The number of nitrogens with two attached hydrogens (primary N) is 1. The zero-order valence-corrected chi connectivity index (χ0v) is 14.9. The molecule has 0 saturated carbocycles. The third kappa shape index (κ3) is 4.84. The van der Waals surface area contributed by atoms with Crippen LogP contribution in [0.25, 0.3) is 23.1 Å². The fraction of sp³-hybridized carbons (Fsp3) is 0.250. The van der Waals surface area contributed by atoms with Crippen LogP contribution in [0, 0.1) is 6.92 Å². The van der Waals surface area contributed by atoms with Gasteiger partial charge in [-0.1, -0.05) is 17.7 Å². The van der Waals surface area contributed by atoms with Crippen molar-refractivity contribution in [3.05, 3.63) is 59.7 Å². The zero-order chi connectivity index (χ0) is 18.2. The van der Waals surface area contributed by atoms with E-state index in [9.17, 15) is 0 Å². The summed E-state index contributed by atoms with van der Waals surface area (Å²) in [5.74, 6) is 1.44. The highest BCUT2D eigenvalue weighted by Gasteiger charge is 2.07. The lowest BCUT2D eigenvalue weighted by Crippen LogP contribution is -2.15. The minimum atomic E-state index is 0.526. The van der Waals surface area contributed by atoms with E-state index >= 15 is 0 Å². The first-order chi connectivity index (χ1) is 12.8. The van der Waals surface area contributed by atoms with Gasteiger partial charge in [0.15, 0.2) is 5.82 Å². The molecule has 26 heavy (non-hydrogen) atoms. The number of benzene rings is 1. The van der Waals surface area contributed by atoms with Crippen molar-refractivity contribution in [3.8, 4) is 0 Å². The Morgan fingerprint density at radius 2 is 2.04 bits per heavy atom. The van der Waals surface area contributed by atoms with Gasteiger partial charge in [0.05, 0.1) is 24.4 Å². The maximum atomic E-state index is 5.44. The SMILES string of the molecule is Cc1ccc2nc(C=Cc3ccccn3)nc(NCCOCCN)c2c1. The summed E-state index contributed by atoms with van der Waals surface area (Å²) < 4.78 is 5.42. The lowest BCUT2D eigenvalue weighted by Gasteiger charge is -2.10. The molecule has 6 heteroatoms. The summed E-state index contributed by atoms with van der Waals surface area (Å²) in [6.45, 7) is 4.38. The van der Waals surface area contributed by atoms with Gasteiger partial charge in [-0.2, -0.15) is 0 Å². The van der Waals surface area contributed by atoms with Gasteiger partial charge >= 0.3 is 0 Å². The van der Waals surface area contributed by atoms with E-state index in [1.807, 2.05) is 36.4 Å². The van der Waals surface area contributed by atoms with E-state index < -0.39 is 0 Å². The van der Waals surface area contributed by atoms with Crippen LogP contribution in [0.2, 0.25) is 0 Å². The topological polar surface area (TPSA) is 86.0 Å². The average Bonchev–Trinajstić information content (AvgIpc) is 2.67. The molecule has 0 atom stereocenters. The Balaban J connectivity index is 1.85. The molecule has 0 fully saturated rings. The lowest BCUT2D eigenvalue weighted by molar-refractivity contribution is 0.151. The number of rotatable bonds is 8. The van der Waals surface area contributed by atoms with Crippen LogP contribution in [0.15, 0.2) is 42.6 Å². The fourth-order valence-electron chi connectivity index (χ4n) is 2.53. The summed E-state index contributed by atoms with van der Waals surface area (Å²) in [7, 11) is 0. The van der Waals surface area contributed by atoms with Crippen molar-refractivity contribution in [2.75, 3.05) is 31.6 Å². The van der Waals surface area contributed by atoms with Gasteiger partial charge in [0.25, 0.3) is 0 Å². The van der Waals surface area contributed by atoms with Crippen molar-refractivity contribution in [1.82, 2.24) is 15.0 Å². The quantitative estimate of drug-likeness (QED) is 0.608. The maximum absolute atomic E-state index is 5.44. The molecule has 0 aliphatic heterocycles. The molecule has 0 spiro atoms. The summed E-state index contributed by atoms with van der Waals surface area (Å²) in [6.07, 6.45) is 5.54. The van der Waals surface area contributed by atoms with Crippen molar-refractivity contribution in [3.63, 3.8) is 0 Å². The number of ether oxygens (including phenoxy) is 1. The number of nitrogens with zero attached hydrogens (tertiary/aromatic N) is 3. The molecule has 0 radical (unpaired) electrons. The monoisotopic (exact) mass is 349 g/mol. The Morgan fingerprint density at radius 3 is 2.85 bits per heavy atom. The van der Waals surface area contributed by atoms with Crippen LogP contribution in [0.3, 0.4) is 0 Å². The molecule has 0 aliphatic rings. The number of anilines is 1. The van der Waals surface area contributed by atoms with Crippen molar-refractivity contribution in [1.29, 1.82) is 0 Å². The predicted octanol–water partition coefficient (Wildman–Crippen LogP) is 2.89. The Kier molecular flexibility index (Phi) is 6.24. The van der Waals surface area contributed by atoms with Gasteiger partial charge in [0.1, 0.15) is 5.82 Å². The smallest absolute Gasteiger partial charge is 0.155 e. The van der Waals surface area contributed by atoms with E-state index in [4.69, 9.17) is 10.5 Å². The maximum Gasteiger partial charge on any atom is 0.155 e. The summed E-state index contributed by atoms with van der Waals surface area (Å²) in [5, 5.41) is 4.34. The van der Waals surface area contributed by atoms with Gasteiger partial charge in [-0.15, -0.1) is 0 Å². The van der Waals surface area contributed by atoms with Crippen LogP contribution in [0.4, 0.5) is 5.82 Å². The van der Waals surface area contributed by atoms with Gasteiger partial charge in [0.2, 0.25) is 0 Å². The minimum absolute atomic E-state index is 0.526. The third-order valence-corrected chi connectivity index (χ3v) is 3.76. The molecule has 0 aliphatic carbocycles. The largest absolute Gasteiger partial charge is 0.378 e. The first-order valence-electron chi connectivity index (χ1n) is 8.65. The Morgan fingerprint density at radius 1 is 1.12 bits per heavy atom. The van der Waals surface area contributed by atoms with E-state index in [1.54, 1.807) is 6.20 Å². The highest BCUT2D eigenvalue weighted by molar-refractivity contribution is 5.90. The molecule has 3 aromatic rings. The second-order valence-electron chi connectivity index (χ2n) is 5.87. The van der Waals surface area contributed by atoms with Gasteiger partial charge < -0.3 is 15.8 Å². The van der Waals surface area contributed by atoms with Crippen LogP contribution in [0.1, 0.15) is 17.1 Å². The third-order valence-electron chi connectivity index (χ3n) is 3.76. The lowest BCUT2D eigenvalue weighted by atomic mass is 10.1. The van der Waals surface area contributed by atoms with E-state index in [2.05, 4.69) is 39.3 Å². The summed E-state index contributed by atoms with van der Waals surface area (Å²) >= 11 is 0. The highest BCUT2D eigenvalue weighted by Crippen LogP contribution is 2.22. The van der Waals surface area contributed by atoms with Crippen LogP contribution >= 0.6 is 0 Å². The van der Waals surface area contributed by atoms with Crippen molar-refractivity contribution in [2.45, 2.75) is 6.92 Å². The van der Waals surface area contributed by atoms with Gasteiger partial charge in [-0.3, -0.25) is 4.98 Å². The molecular formula is C20H23N5O. The molecular weight excluding hydrogens is 326 g/mol. The molecule has 0 amide bonds.